The first kappa shape index (κ1) is 22.0. The summed E-state index contributed by atoms with van der Waals surface area (Å²) < 4.78 is 0. The van der Waals surface area contributed by atoms with Gasteiger partial charge in [-0.3, -0.25) is 14.5 Å². The first-order valence-corrected chi connectivity index (χ1v) is 10.7. The topological polar surface area (TPSA) is 82.6 Å². The molecule has 1 fully saturated rings. The van der Waals surface area contributed by atoms with Crippen LogP contribution in [-0.2, 0) is 33.5 Å². The SMILES string of the molecule is CN(C)C(=O)Cc1nc(CN2C(=O)NC(C)(c3ccc(C(C)(C)C)cc3)C2=O)cs1. The van der Waals surface area contributed by atoms with Crippen LogP contribution in [0.4, 0.5) is 4.79 Å². The van der Waals surface area contributed by atoms with Gasteiger partial charge in [0.2, 0.25) is 5.91 Å². The van der Waals surface area contributed by atoms with E-state index in [-0.39, 0.29) is 30.2 Å². The Kier molecular flexibility index (Phi) is 5.73. The molecule has 7 nitrogen and oxygen atoms in total. The lowest BCUT2D eigenvalue weighted by molar-refractivity contribution is -0.131. The van der Waals surface area contributed by atoms with Gasteiger partial charge in [0.15, 0.2) is 0 Å². The molecule has 0 radical (unpaired) electrons. The van der Waals surface area contributed by atoms with Crippen LogP contribution in [-0.4, -0.2) is 46.7 Å². The molecule has 1 N–H and O–H groups in total. The van der Waals surface area contributed by atoms with E-state index < -0.39 is 11.6 Å². The number of carbonyl (C=O) groups excluding carboxylic acids is 3. The number of urea groups is 1. The van der Waals surface area contributed by atoms with Crippen LogP contribution in [0, 0.1) is 0 Å². The fraction of sp³-hybridized carbons (Fsp3) is 0.455. The Morgan fingerprint density at radius 1 is 1.20 bits per heavy atom. The Balaban J connectivity index is 1.76. The number of imide groups is 1. The van der Waals surface area contributed by atoms with Gasteiger partial charge in [-0.05, 0) is 23.5 Å². The predicted molar refractivity (Wildman–Crippen MR) is 116 cm³/mol. The second-order valence-electron chi connectivity index (χ2n) is 8.97. The Labute approximate surface area is 181 Å². The number of carbonyl (C=O) groups is 3. The number of rotatable bonds is 5. The zero-order valence-electron chi connectivity index (χ0n) is 18.3. The standard InChI is InChI=1S/C22H28N4O3S/c1-21(2,3)14-7-9-15(10-8-14)22(4)19(28)26(20(29)24-22)12-16-13-30-17(23-16)11-18(27)25(5)6/h7-10,13H,11-12H2,1-6H3,(H,24,29). The summed E-state index contributed by atoms with van der Waals surface area (Å²) in [4.78, 5) is 44.7. The van der Waals surface area contributed by atoms with Gasteiger partial charge in [0.25, 0.3) is 5.91 Å². The number of likely N-dealkylation sites (N-methyl/N-ethyl adjacent to an activating group) is 1. The highest BCUT2D eigenvalue weighted by Crippen LogP contribution is 2.32. The predicted octanol–water partition coefficient (Wildman–Crippen LogP) is 3.04. The smallest absolute Gasteiger partial charge is 0.325 e. The third-order valence-corrected chi connectivity index (χ3v) is 6.22. The highest BCUT2D eigenvalue weighted by Gasteiger charge is 2.49. The maximum atomic E-state index is 13.2. The second kappa shape index (κ2) is 7.83. The summed E-state index contributed by atoms with van der Waals surface area (Å²) in [5.74, 6) is -0.355. The van der Waals surface area contributed by atoms with Crippen molar-refractivity contribution in [3.05, 3.63) is 51.5 Å². The molecule has 1 saturated heterocycles. The molecule has 160 valence electrons. The van der Waals surface area contributed by atoms with Crippen molar-refractivity contribution < 1.29 is 14.4 Å². The maximum absolute atomic E-state index is 13.2. The molecule has 1 aliphatic rings. The number of hydrogen-bond acceptors (Lipinski definition) is 5. The summed E-state index contributed by atoms with van der Waals surface area (Å²) in [5.41, 5.74) is 1.38. The molecule has 1 aliphatic heterocycles. The van der Waals surface area contributed by atoms with Crippen LogP contribution in [0.3, 0.4) is 0 Å². The quantitative estimate of drug-likeness (QED) is 0.742. The van der Waals surface area contributed by atoms with E-state index in [0.717, 1.165) is 11.1 Å². The van der Waals surface area contributed by atoms with Crippen LogP contribution < -0.4 is 5.32 Å². The highest BCUT2D eigenvalue weighted by atomic mass is 32.1. The average Bonchev–Trinajstić information content (AvgIpc) is 3.19. The Morgan fingerprint density at radius 2 is 1.83 bits per heavy atom. The number of nitrogens with zero attached hydrogens (tertiary/aromatic N) is 3. The minimum absolute atomic E-state index is 0.00466. The molecule has 3 rings (SSSR count). The molecule has 1 aromatic carbocycles. The lowest BCUT2D eigenvalue weighted by atomic mass is 9.84. The second-order valence-corrected chi connectivity index (χ2v) is 9.91. The molecule has 0 bridgehead atoms. The van der Waals surface area contributed by atoms with Crippen molar-refractivity contribution in [2.45, 2.75) is 51.6 Å². The highest BCUT2D eigenvalue weighted by molar-refractivity contribution is 7.09. The van der Waals surface area contributed by atoms with Crippen LogP contribution >= 0.6 is 11.3 Å². The van der Waals surface area contributed by atoms with Crippen LogP contribution in [0.2, 0.25) is 0 Å². The van der Waals surface area contributed by atoms with Crippen LogP contribution in [0.5, 0.6) is 0 Å². The number of hydrogen-bond donors (Lipinski definition) is 1. The molecule has 0 aliphatic carbocycles. The molecule has 0 saturated carbocycles. The van der Waals surface area contributed by atoms with Crippen LogP contribution in [0.25, 0.3) is 0 Å². The number of thiazole rings is 1. The van der Waals surface area contributed by atoms with E-state index in [1.165, 1.54) is 21.1 Å². The van der Waals surface area contributed by atoms with Crippen molar-refractivity contribution >= 4 is 29.2 Å². The lowest BCUT2D eigenvalue weighted by Gasteiger charge is -2.24. The Morgan fingerprint density at radius 3 is 2.40 bits per heavy atom. The molecule has 0 spiro atoms. The summed E-state index contributed by atoms with van der Waals surface area (Å²) in [7, 11) is 3.39. The molecule has 2 aromatic rings. The normalized spacial score (nSPS) is 19.2. The van der Waals surface area contributed by atoms with Crippen molar-refractivity contribution in [2.24, 2.45) is 0 Å². The maximum Gasteiger partial charge on any atom is 0.325 e. The van der Waals surface area contributed by atoms with Crippen molar-refractivity contribution in [3.63, 3.8) is 0 Å². The average molecular weight is 429 g/mol. The zero-order chi connectivity index (χ0) is 22.3. The van der Waals surface area contributed by atoms with Gasteiger partial charge in [-0.1, -0.05) is 45.0 Å². The third kappa shape index (κ3) is 4.23. The number of benzene rings is 1. The number of amides is 4. The van der Waals surface area contributed by atoms with Gasteiger partial charge in [-0.2, -0.15) is 0 Å². The largest absolute Gasteiger partial charge is 0.348 e. The van der Waals surface area contributed by atoms with Gasteiger partial charge in [0.1, 0.15) is 10.5 Å². The molecule has 1 unspecified atom stereocenters. The molecular formula is C22H28N4O3S. The van der Waals surface area contributed by atoms with Gasteiger partial charge in [0.05, 0.1) is 18.7 Å². The van der Waals surface area contributed by atoms with Gasteiger partial charge in [-0.15, -0.1) is 11.3 Å². The van der Waals surface area contributed by atoms with Gasteiger partial charge in [-0.25, -0.2) is 9.78 Å². The third-order valence-electron chi connectivity index (χ3n) is 5.32. The zero-order valence-corrected chi connectivity index (χ0v) is 19.1. The van der Waals surface area contributed by atoms with Gasteiger partial charge < -0.3 is 10.2 Å². The first-order chi connectivity index (χ1) is 13.9. The van der Waals surface area contributed by atoms with E-state index in [1.807, 2.05) is 24.3 Å². The minimum atomic E-state index is -1.12. The van der Waals surface area contributed by atoms with Crippen molar-refractivity contribution in [1.82, 2.24) is 20.1 Å². The first-order valence-electron chi connectivity index (χ1n) is 9.80. The van der Waals surface area contributed by atoms with Gasteiger partial charge in [0, 0.05) is 19.5 Å². The summed E-state index contributed by atoms with van der Waals surface area (Å²) in [6, 6.07) is 7.35. The van der Waals surface area contributed by atoms with E-state index in [9.17, 15) is 14.4 Å². The Hall–Kier alpha value is -2.74. The molecule has 2 heterocycles. The summed E-state index contributed by atoms with van der Waals surface area (Å²) in [6.07, 6.45) is 0.204. The van der Waals surface area contributed by atoms with E-state index in [0.29, 0.717) is 10.7 Å². The van der Waals surface area contributed by atoms with E-state index in [4.69, 9.17) is 0 Å². The van der Waals surface area contributed by atoms with Crippen molar-refractivity contribution in [1.29, 1.82) is 0 Å². The van der Waals surface area contributed by atoms with E-state index in [2.05, 4.69) is 31.1 Å². The van der Waals surface area contributed by atoms with Crippen LogP contribution in [0.15, 0.2) is 29.6 Å². The van der Waals surface area contributed by atoms with E-state index >= 15 is 0 Å². The number of aromatic nitrogens is 1. The molecule has 30 heavy (non-hydrogen) atoms. The van der Waals surface area contributed by atoms with E-state index in [1.54, 1.807) is 26.4 Å². The van der Waals surface area contributed by atoms with Crippen LogP contribution in [0.1, 0.15) is 49.5 Å². The Bertz CT molecular complexity index is 975. The van der Waals surface area contributed by atoms with Crippen molar-refractivity contribution in [3.8, 4) is 0 Å². The van der Waals surface area contributed by atoms with Crippen molar-refractivity contribution in [2.75, 3.05) is 14.1 Å². The minimum Gasteiger partial charge on any atom is -0.348 e. The molecule has 1 atom stereocenters. The molecule has 1 aromatic heterocycles. The molecule has 4 amide bonds. The fourth-order valence-electron chi connectivity index (χ4n) is 3.29. The number of nitrogens with one attached hydrogen (secondary N) is 1. The summed E-state index contributed by atoms with van der Waals surface area (Å²) in [5, 5.41) is 5.28. The lowest BCUT2D eigenvalue weighted by Crippen LogP contribution is -2.40. The molecular weight excluding hydrogens is 400 g/mol. The molecule has 8 heteroatoms. The summed E-state index contributed by atoms with van der Waals surface area (Å²) >= 11 is 1.35. The summed E-state index contributed by atoms with van der Waals surface area (Å²) in [6.45, 7) is 8.18. The van der Waals surface area contributed by atoms with Gasteiger partial charge >= 0.3 is 6.03 Å². The fourth-order valence-corrected chi connectivity index (χ4v) is 4.07. The monoisotopic (exact) mass is 428 g/mol.